The van der Waals surface area contributed by atoms with Crippen molar-refractivity contribution in [1.82, 2.24) is 5.32 Å². The summed E-state index contributed by atoms with van der Waals surface area (Å²) < 4.78 is 0. The van der Waals surface area contributed by atoms with E-state index in [1.165, 1.54) is 30.2 Å². The first-order valence-corrected chi connectivity index (χ1v) is 9.13. The molecule has 0 unspecified atom stereocenters. The zero-order valence-corrected chi connectivity index (χ0v) is 14.9. The van der Waals surface area contributed by atoms with Gasteiger partial charge in [0.15, 0.2) is 5.17 Å². The van der Waals surface area contributed by atoms with Gasteiger partial charge in [0.25, 0.3) is 5.91 Å². The zero-order chi connectivity index (χ0) is 16.4. The first kappa shape index (κ1) is 16.3. The van der Waals surface area contributed by atoms with Gasteiger partial charge in [-0.3, -0.25) is 9.79 Å². The van der Waals surface area contributed by atoms with Crippen LogP contribution >= 0.6 is 11.8 Å². The Morgan fingerprint density at radius 3 is 2.43 bits per heavy atom. The van der Waals surface area contributed by atoms with E-state index in [0.29, 0.717) is 6.04 Å². The topological polar surface area (TPSA) is 41.5 Å². The molecule has 23 heavy (non-hydrogen) atoms. The van der Waals surface area contributed by atoms with Gasteiger partial charge in [-0.2, -0.15) is 0 Å². The molecule has 4 heteroatoms. The fraction of sp³-hybridized carbons (Fsp3) is 0.474. The van der Waals surface area contributed by atoms with Crippen LogP contribution in [-0.4, -0.2) is 17.1 Å². The van der Waals surface area contributed by atoms with E-state index in [4.69, 9.17) is 0 Å². The van der Waals surface area contributed by atoms with Gasteiger partial charge >= 0.3 is 0 Å². The van der Waals surface area contributed by atoms with Crippen molar-refractivity contribution in [1.29, 1.82) is 0 Å². The molecule has 1 aromatic carbocycles. The Kier molecular flexibility index (Phi) is 4.62. The number of nitrogens with one attached hydrogen (secondary N) is 1. The molecule has 1 heterocycles. The molecule has 3 nitrogen and oxygen atoms in total. The molecule has 0 bridgehead atoms. The quantitative estimate of drug-likeness (QED) is 0.813. The van der Waals surface area contributed by atoms with E-state index in [1.807, 2.05) is 6.08 Å². The maximum absolute atomic E-state index is 12.1. The van der Waals surface area contributed by atoms with Crippen LogP contribution in [0, 0.1) is 0 Å². The number of amidine groups is 1. The van der Waals surface area contributed by atoms with Crippen LogP contribution < -0.4 is 5.32 Å². The monoisotopic (exact) mass is 328 g/mol. The van der Waals surface area contributed by atoms with Crippen molar-refractivity contribution < 1.29 is 4.79 Å². The summed E-state index contributed by atoms with van der Waals surface area (Å²) in [6, 6.07) is 8.82. The number of nitrogens with zero attached hydrogens (tertiary/aromatic N) is 1. The smallest absolute Gasteiger partial charge is 0.264 e. The highest BCUT2D eigenvalue weighted by molar-refractivity contribution is 8.18. The molecule has 1 saturated carbocycles. The lowest BCUT2D eigenvalue weighted by atomic mass is 9.87. The fourth-order valence-corrected chi connectivity index (χ4v) is 3.81. The van der Waals surface area contributed by atoms with E-state index in [9.17, 15) is 4.79 Å². The van der Waals surface area contributed by atoms with Crippen LogP contribution in [0.1, 0.15) is 57.6 Å². The summed E-state index contributed by atoms with van der Waals surface area (Å²) in [5, 5.41) is 3.66. The summed E-state index contributed by atoms with van der Waals surface area (Å²) in [4.78, 5) is 17.5. The van der Waals surface area contributed by atoms with Crippen LogP contribution in [0.4, 0.5) is 0 Å². The van der Waals surface area contributed by atoms with Crippen LogP contribution in [0.15, 0.2) is 34.2 Å². The van der Waals surface area contributed by atoms with Crippen molar-refractivity contribution >= 4 is 28.9 Å². The van der Waals surface area contributed by atoms with Crippen LogP contribution in [-0.2, 0) is 10.2 Å². The Morgan fingerprint density at radius 1 is 1.17 bits per heavy atom. The second kappa shape index (κ2) is 6.52. The van der Waals surface area contributed by atoms with E-state index in [-0.39, 0.29) is 11.3 Å². The number of rotatable bonds is 2. The minimum absolute atomic E-state index is 0.0355. The number of hydrogen-bond donors (Lipinski definition) is 1. The minimum atomic E-state index is -0.0355. The average molecular weight is 328 g/mol. The van der Waals surface area contributed by atoms with Gasteiger partial charge in [0.05, 0.1) is 10.9 Å². The SMILES string of the molecule is CC(C)(C)c1ccc(/C=C2\SC(=NC3CCCC3)NC2=O)cc1. The zero-order valence-electron chi connectivity index (χ0n) is 14.1. The van der Waals surface area contributed by atoms with Crippen molar-refractivity contribution in [2.45, 2.75) is 57.9 Å². The van der Waals surface area contributed by atoms with Crippen molar-refractivity contribution in [3.63, 3.8) is 0 Å². The molecule has 1 N–H and O–H groups in total. The number of benzene rings is 1. The van der Waals surface area contributed by atoms with Gasteiger partial charge in [-0.25, -0.2) is 0 Å². The third-order valence-corrected chi connectivity index (χ3v) is 5.27. The molecule has 3 rings (SSSR count). The van der Waals surface area contributed by atoms with Gasteiger partial charge in [-0.05, 0) is 47.2 Å². The van der Waals surface area contributed by atoms with E-state index in [1.54, 1.807) is 0 Å². The molecule has 2 aliphatic rings. The molecule has 122 valence electrons. The molecule has 1 saturated heterocycles. The van der Waals surface area contributed by atoms with E-state index >= 15 is 0 Å². The molecule has 1 amide bonds. The lowest BCUT2D eigenvalue weighted by Crippen LogP contribution is -2.21. The van der Waals surface area contributed by atoms with Crippen LogP contribution in [0.5, 0.6) is 0 Å². The largest absolute Gasteiger partial charge is 0.301 e. The molecule has 1 aromatic rings. The average Bonchev–Trinajstić information content (AvgIpc) is 3.10. The number of hydrogen-bond acceptors (Lipinski definition) is 3. The number of carbonyl (C=O) groups is 1. The predicted octanol–water partition coefficient (Wildman–Crippen LogP) is 4.49. The number of thioether (sulfide) groups is 1. The van der Waals surface area contributed by atoms with Crippen molar-refractivity contribution in [2.75, 3.05) is 0 Å². The predicted molar refractivity (Wildman–Crippen MR) is 98.5 cm³/mol. The highest BCUT2D eigenvalue weighted by atomic mass is 32.2. The Morgan fingerprint density at radius 2 is 1.83 bits per heavy atom. The summed E-state index contributed by atoms with van der Waals surface area (Å²) in [6.45, 7) is 6.60. The lowest BCUT2D eigenvalue weighted by Gasteiger charge is -2.18. The highest BCUT2D eigenvalue weighted by Gasteiger charge is 2.25. The molecular formula is C19H24N2OS. The molecule has 0 spiro atoms. The summed E-state index contributed by atoms with van der Waals surface area (Å²) in [5.74, 6) is -0.0355. The van der Waals surface area contributed by atoms with Crippen LogP contribution in [0.25, 0.3) is 6.08 Å². The lowest BCUT2D eigenvalue weighted by molar-refractivity contribution is -0.115. The molecule has 1 aliphatic carbocycles. The van der Waals surface area contributed by atoms with Gasteiger partial charge < -0.3 is 5.32 Å². The summed E-state index contributed by atoms with van der Waals surface area (Å²) >= 11 is 1.46. The Hall–Kier alpha value is -1.55. The van der Waals surface area contributed by atoms with Gasteiger partial charge in [-0.15, -0.1) is 0 Å². The number of carbonyl (C=O) groups excluding carboxylic acids is 1. The third kappa shape index (κ3) is 4.05. The van der Waals surface area contributed by atoms with E-state index < -0.39 is 0 Å². The second-order valence-corrected chi connectivity index (χ2v) is 8.34. The van der Waals surface area contributed by atoms with Gasteiger partial charge in [0.2, 0.25) is 0 Å². The first-order valence-electron chi connectivity index (χ1n) is 8.31. The molecule has 0 aromatic heterocycles. The van der Waals surface area contributed by atoms with Gasteiger partial charge in [0, 0.05) is 0 Å². The molecule has 0 atom stereocenters. The summed E-state index contributed by atoms with van der Waals surface area (Å²) in [7, 11) is 0. The maximum Gasteiger partial charge on any atom is 0.264 e. The maximum atomic E-state index is 12.1. The van der Waals surface area contributed by atoms with Crippen molar-refractivity contribution in [2.24, 2.45) is 4.99 Å². The van der Waals surface area contributed by atoms with Crippen molar-refractivity contribution in [3.8, 4) is 0 Å². The number of aliphatic imine (C=N–C) groups is 1. The first-order chi connectivity index (χ1) is 10.9. The van der Waals surface area contributed by atoms with Crippen LogP contribution in [0.2, 0.25) is 0 Å². The second-order valence-electron chi connectivity index (χ2n) is 7.31. The molecule has 2 fully saturated rings. The van der Waals surface area contributed by atoms with Gasteiger partial charge in [0.1, 0.15) is 0 Å². The van der Waals surface area contributed by atoms with E-state index in [0.717, 1.165) is 28.5 Å². The fourth-order valence-electron chi connectivity index (χ4n) is 2.92. The van der Waals surface area contributed by atoms with Crippen molar-refractivity contribution in [3.05, 3.63) is 40.3 Å². The van der Waals surface area contributed by atoms with Crippen LogP contribution in [0.3, 0.4) is 0 Å². The summed E-state index contributed by atoms with van der Waals surface area (Å²) in [5.41, 5.74) is 2.50. The normalized spacial score (nSPS) is 23.0. The molecule has 0 radical (unpaired) electrons. The minimum Gasteiger partial charge on any atom is -0.301 e. The molecule has 1 aliphatic heterocycles. The Bertz CT molecular complexity index is 647. The molecular weight excluding hydrogens is 304 g/mol. The van der Waals surface area contributed by atoms with Gasteiger partial charge in [-0.1, -0.05) is 57.9 Å². The Labute approximate surface area is 142 Å². The number of amides is 1. The van der Waals surface area contributed by atoms with E-state index in [2.05, 4.69) is 55.3 Å². The highest BCUT2D eigenvalue weighted by Crippen LogP contribution is 2.29. The third-order valence-electron chi connectivity index (χ3n) is 4.35. The standard InChI is InChI=1S/C19H24N2OS/c1-19(2,3)14-10-8-13(9-11-14)12-16-17(22)21-18(23-16)20-15-6-4-5-7-15/h8-12,15H,4-7H2,1-3H3,(H,20,21,22)/b16-12-. The Balaban J connectivity index is 1.73. The summed E-state index contributed by atoms with van der Waals surface area (Å²) in [6.07, 6.45) is 6.75.